The number of hydrogen-bond acceptors (Lipinski definition) is 5. The Hall–Kier alpha value is -1.59. The highest BCUT2D eigenvalue weighted by Crippen LogP contribution is 2.30. The minimum absolute atomic E-state index is 0.297. The van der Waals surface area contributed by atoms with Gasteiger partial charge in [0.05, 0.1) is 18.7 Å². The van der Waals surface area contributed by atoms with Gasteiger partial charge < -0.3 is 15.0 Å². The minimum Gasteiger partial charge on any atom is -0.496 e. The Morgan fingerprint density at radius 3 is 2.82 bits per heavy atom. The Bertz CT molecular complexity index is 525. The highest BCUT2D eigenvalue weighted by molar-refractivity contribution is 6.30. The van der Waals surface area contributed by atoms with Crippen molar-refractivity contribution in [1.82, 2.24) is 10.1 Å². The number of nitrogens with two attached hydrogens (primary N) is 1. The van der Waals surface area contributed by atoms with Crippen molar-refractivity contribution in [2.24, 2.45) is 5.73 Å². The van der Waals surface area contributed by atoms with Crippen LogP contribution in [0.4, 0.5) is 0 Å². The van der Waals surface area contributed by atoms with Gasteiger partial charge in [-0.2, -0.15) is 4.98 Å². The number of methoxy groups -OCH3 is 1. The average Bonchev–Trinajstić information content (AvgIpc) is 2.78. The summed E-state index contributed by atoms with van der Waals surface area (Å²) in [6.45, 7) is 1.77. The Morgan fingerprint density at radius 1 is 1.47 bits per heavy atom. The van der Waals surface area contributed by atoms with Crippen molar-refractivity contribution >= 4 is 11.6 Å². The summed E-state index contributed by atoms with van der Waals surface area (Å²) in [6, 6.07) is 4.91. The molecule has 0 saturated carbocycles. The third-order valence-corrected chi connectivity index (χ3v) is 2.47. The van der Waals surface area contributed by atoms with Crippen LogP contribution in [0, 0.1) is 0 Å². The first-order chi connectivity index (χ1) is 8.11. The fraction of sp³-hybridized carbons (Fsp3) is 0.273. The Labute approximate surface area is 104 Å². The van der Waals surface area contributed by atoms with Gasteiger partial charge in [-0.3, -0.25) is 0 Å². The molecular formula is C11H12ClN3O2. The number of aromatic nitrogens is 2. The first-order valence-corrected chi connectivity index (χ1v) is 5.42. The number of halogens is 1. The number of nitrogens with zero attached hydrogens (tertiary/aromatic N) is 2. The monoisotopic (exact) mass is 253 g/mol. The molecule has 2 N–H and O–H groups in total. The molecule has 5 nitrogen and oxygen atoms in total. The van der Waals surface area contributed by atoms with E-state index >= 15 is 0 Å². The lowest BCUT2D eigenvalue weighted by atomic mass is 10.2. The maximum Gasteiger partial charge on any atom is 0.243 e. The van der Waals surface area contributed by atoms with Gasteiger partial charge in [0.25, 0.3) is 0 Å². The van der Waals surface area contributed by atoms with Crippen molar-refractivity contribution in [1.29, 1.82) is 0 Å². The molecule has 0 fully saturated rings. The van der Waals surface area contributed by atoms with Gasteiger partial charge in [-0.15, -0.1) is 0 Å². The summed E-state index contributed by atoms with van der Waals surface area (Å²) in [5.41, 5.74) is 6.37. The molecule has 90 valence electrons. The van der Waals surface area contributed by atoms with E-state index in [9.17, 15) is 0 Å². The molecule has 17 heavy (non-hydrogen) atoms. The molecule has 0 saturated heterocycles. The van der Waals surface area contributed by atoms with Crippen LogP contribution >= 0.6 is 11.6 Å². The van der Waals surface area contributed by atoms with Gasteiger partial charge in [0.2, 0.25) is 11.7 Å². The van der Waals surface area contributed by atoms with Gasteiger partial charge in [0.1, 0.15) is 5.75 Å². The summed E-state index contributed by atoms with van der Waals surface area (Å²) in [7, 11) is 1.56. The maximum atomic E-state index is 5.87. The van der Waals surface area contributed by atoms with E-state index in [2.05, 4.69) is 10.1 Å². The first kappa shape index (κ1) is 11.9. The minimum atomic E-state index is -0.297. The van der Waals surface area contributed by atoms with Crippen molar-refractivity contribution in [3.8, 4) is 17.1 Å². The zero-order chi connectivity index (χ0) is 12.4. The van der Waals surface area contributed by atoms with Gasteiger partial charge in [-0.25, -0.2) is 0 Å². The van der Waals surface area contributed by atoms with E-state index in [4.69, 9.17) is 26.6 Å². The summed E-state index contributed by atoms with van der Waals surface area (Å²) in [5, 5.41) is 4.44. The van der Waals surface area contributed by atoms with Crippen LogP contribution in [0.5, 0.6) is 5.75 Å². The first-order valence-electron chi connectivity index (χ1n) is 5.05. The van der Waals surface area contributed by atoms with Gasteiger partial charge in [-0.05, 0) is 25.1 Å². The van der Waals surface area contributed by atoms with Crippen molar-refractivity contribution in [2.75, 3.05) is 7.11 Å². The molecule has 0 aliphatic rings. The van der Waals surface area contributed by atoms with Crippen LogP contribution in [-0.2, 0) is 0 Å². The fourth-order valence-electron chi connectivity index (χ4n) is 1.38. The second-order valence-electron chi connectivity index (χ2n) is 3.59. The van der Waals surface area contributed by atoms with E-state index in [1.165, 1.54) is 0 Å². The molecule has 1 aromatic carbocycles. The number of benzene rings is 1. The quantitative estimate of drug-likeness (QED) is 0.909. The second kappa shape index (κ2) is 4.73. The zero-order valence-electron chi connectivity index (χ0n) is 9.48. The van der Waals surface area contributed by atoms with Crippen LogP contribution in [0.25, 0.3) is 11.4 Å². The van der Waals surface area contributed by atoms with Gasteiger partial charge in [0.15, 0.2) is 0 Å². The standard InChI is InChI=1S/C11H12ClN3O2/c1-6(13)11-14-10(15-17-11)8-4-3-7(12)5-9(8)16-2/h3-6H,13H2,1-2H3/t6-/m0/s1. The van der Waals surface area contributed by atoms with Crippen molar-refractivity contribution in [3.63, 3.8) is 0 Å². The second-order valence-corrected chi connectivity index (χ2v) is 4.03. The van der Waals surface area contributed by atoms with Gasteiger partial charge >= 0.3 is 0 Å². The summed E-state index contributed by atoms with van der Waals surface area (Å²) in [5.74, 6) is 1.41. The zero-order valence-corrected chi connectivity index (χ0v) is 10.2. The number of rotatable bonds is 3. The van der Waals surface area contributed by atoms with E-state index < -0.39 is 0 Å². The number of hydrogen-bond donors (Lipinski definition) is 1. The molecule has 2 rings (SSSR count). The third-order valence-electron chi connectivity index (χ3n) is 2.24. The molecule has 0 spiro atoms. The van der Waals surface area contributed by atoms with Gasteiger partial charge in [0, 0.05) is 5.02 Å². The van der Waals surface area contributed by atoms with Crippen LogP contribution < -0.4 is 10.5 Å². The van der Waals surface area contributed by atoms with E-state index in [-0.39, 0.29) is 6.04 Å². The molecule has 2 aromatic rings. The molecule has 6 heteroatoms. The molecule has 0 unspecified atom stereocenters. The summed E-state index contributed by atoms with van der Waals surface area (Å²) in [6.07, 6.45) is 0. The van der Waals surface area contributed by atoms with E-state index in [1.54, 1.807) is 32.2 Å². The van der Waals surface area contributed by atoms with Gasteiger partial charge in [-0.1, -0.05) is 16.8 Å². The highest BCUT2D eigenvalue weighted by Gasteiger charge is 2.15. The molecule has 0 aliphatic carbocycles. The summed E-state index contributed by atoms with van der Waals surface area (Å²) in [4.78, 5) is 4.19. The molecule has 1 heterocycles. The lowest BCUT2D eigenvalue weighted by Crippen LogP contribution is -2.04. The molecule has 0 aliphatic heterocycles. The van der Waals surface area contributed by atoms with E-state index in [1.807, 2.05) is 0 Å². The van der Waals surface area contributed by atoms with Crippen molar-refractivity contribution < 1.29 is 9.26 Å². The molecule has 0 amide bonds. The lowest BCUT2D eigenvalue weighted by Gasteiger charge is -2.04. The largest absolute Gasteiger partial charge is 0.496 e. The smallest absolute Gasteiger partial charge is 0.243 e. The maximum absolute atomic E-state index is 5.87. The summed E-state index contributed by atoms with van der Waals surface area (Å²) >= 11 is 5.87. The average molecular weight is 254 g/mol. The Kier molecular flexibility index (Phi) is 3.31. The lowest BCUT2D eigenvalue weighted by molar-refractivity contribution is 0.361. The normalized spacial score (nSPS) is 12.5. The topological polar surface area (TPSA) is 74.2 Å². The fourth-order valence-corrected chi connectivity index (χ4v) is 1.54. The predicted octanol–water partition coefficient (Wildman–Crippen LogP) is 2.42. The summed E-state index contributed by atoms with van der Waals surface area (Å²) < 4.78 is 10.2. The van der Waals surface area contributed by atoms with Crippen molar-refractivity contribution in [3.05, 3.63) is 29.1 Å². The molecule has 0 bridgehead atoms. The van der Waals surface area contributed by atoms with Crippen LogP contribution in [0.1, 0.15) is 18.9 Å². The van der Waals surface area contributed by atoms with Crippen LogP contribution in [-0.4, -0.2) is 17.3 Å². The highest BCUT2D eigenvalue weighted by atomic mass is 35.5. The molecular weight excluding hydrogens is 242 g/mol. The SMILES string of the molecule is COc1cc(Cl)ccc1-c1noc([C@H](C)N)n1. The molecule has 0 radical (unpaired) electrons. The number of ether oxygens (including phenoxy) is 1. The molecule has 1 atom stereocenters. The Balaban J connectivity index is 2.44. The predicted molar refractivity (Wildman–Crippen MR) is 63.9 cm³/mol. The van der Waals surface area contributed by atoms with Crippen LogP contribution in [0.3, 0.4) is 0 Å². The van der Waals surface area contributed by atoms with Crippen LogP contribution in [0.2, 0.25) is 5.02 Å². The molecule has 1 aromatic heterocycles. The Morgan fingerprint density at radius 2 is 2.24 bits per heavy atom. The van der Waals surface area contributed by atoms with E-state index in [0.717, 1.165) is 0 Å². The van der Waals surface area contributed by atoms with Crippen LogP contribution in [0.15, 0.2) is 22.7 Å². The van der Waals surface area contributed by atoms with E-state index in [0.29, 0.717) is 28.1 Å². The third kappa shape index (κ3) is 2.40. The van der Waals surface area contributed by atoms with Crippen molar-refractivity contribution in [2.45, 2.75) is 13.0 Å².